The van der Waals surface area contributed by atoms with Crippen LogP contribution in [0.15, 0.2) is 105 Å². The molecule has 0 aliphatic carbocycles. The molecule has 7 nitrogen and oxygen atoms in total. The Bertz CT molecular complexity index is 1740. The van der Waals surface area contributed by atoms with Crippen LogP contribution in [-0.4, -0.2) is 17.5 Å². The highest BCUT2D eigenvalue weighted by Gasteiger charge is 2.44. The van der Waals surface area contributed by atoms with Crippen molar-refractivity contribution in [1.29, 1.82) is 0 Å². The average Bonchev–Trinajstić information content (AvgIpc) is 3.26. The van der Waals surface area contributed by atoms with Crippen molar-refractivity contribution in [3.05, 3.63) is 128 Å². The van der Waals surface area contributed by atoms with Gasteiger partial charge in [-0.2, -0.15) is 0 Å². The van der Waals surface area contributed by atoms with Crippen LogP contribution in [0.1, 0.15) is 40.2 Å². The molecule has 1 unspecified atom stereocenters. The molecule has 0 bridgehead atoms. The van der Waals surface area contributed by atoms with Crippen LogP contribution in [0, 0.1) is 0 Å². The molecule has 0 fully saturated rings. The fourth-order valence-corrected chi connectivity index (χ4v) is 5.17. The molecule has 0 saturated carbocycles. The highest BCUT2D eigenvalue weighted by Crippen LogP contribution is 2.43. The fourth-order valence-electron chi connectivity index (χ4n) is 4.81. The molecule has 194 valence electrons. The van der Waals surface area contributed by atoms with E-state index in [2.05, 4.69) is 20.9 Å². The Hall–Kier alpha value is -4.43. The number of carbonyl (C=O) groups is 1. The number of nitrogens with zero attached hydrogens (tertiary/aromatic N) is 2. The zero-order chi connectivity index (χ0) is 26.9. The minimum atomic E-state index is -0.774. The zero-order valence-corrected chi connectivity index (χ0v) is 22.6. The second-order valence-electron chi connectivity index (χ2n) is 8.99. The van der Waals surface area contributed by atoms with E-state index >= 15 is 0 Å². The minimum absolute atomic E-state index is 0.00726. The Morgan fingerprint density at radius 2 is 1.74 bits per heavy atom. The van der Waals surface area contributed by atoms with Crippen LogP contribution in [0.25, 0.3) is 11.0 Å². The van der Waals surface area contributed by atoms with Crippen molar-refractivity contribution in [2.24, 2.45) is 0 Å². The van der Waals surface area contributed by atoms with E-state index in [1.54, 1.807) is 42.6 Å². The molecule has 2 aromatic heterocycles. The third kappa shape index (κ3) is 4.57. The standard InChI is InChI=1S/C31H23BrN2O5/c1-2-37-25-16-20(11-13-24(25)38-18-19-8-4-3-5-9-19)28-27-29(35)22-17-21(32)12-14-23(22)39-30(27)31(36)34(28)26-10-6-7-15-33-26/h3-17,28H,2,18H2,1H3. The molecular weight excluding hydrogens is 560 g/mol. The highest BCUT2D eigenvalue weighted by molar-refractivity contribution is 9.10. The van der Waals surface area contributed by atoms with Crippen LogP contribution in [0.4, 0.5) is 5.82 Å². The van der Waals surface area contributed by atoms with Gasteiger partial charge >= 0.3 is 0 Å². The van der Waals surface area contributed by atoms with E-state index in [9.17, 15) is 9.59 Å². The maximum Gasteiger partial charge on any atom is 0.296 e. The molecule has 5 aromatic rings. The number of carbonyl (C=O) groups excluding carboxylic acids is 1. The van der Waals surface area contributed by atoms with Gasteiger partial charge in [-0.1, -0.05) is 58.4 Å². The van der Waals surface area contributed by atoms with Crippen molar-refractivity contribution in [2.75, 3.05) is 11.5 Å². The van der Waals surface area contributed by atoms with E-state index in [1.165, 1.54) is 4.90 Å². The zero-order valence-electron chi connectivity index (χ0n) is 21.0. The summed E-state index contributed by atoms with van der Waals surface area (Å²) in [4.78, 5) is 33.6. The lowest BCUT2D eigenvalue weighted by molar-refractivity contribution is 0.0970. The number of halogens is 1. The summed E-state index contributed by atoms with van der Waals surface area (Å²) >= 11 is 3.44. The van der Waals surface area contributed by atoms with E-state index in [0.29, 0.717) is 47.1 Å². The third-order valence-corrected chi connectivity index (χ3v) is 7.04. The fraction of sp³-hybridized carbons (Fsp3) is 0.129. The second kappa shape index (κ2) is 10.4. The molecule has 3 heterocycles. The van der Waals surface area contributed by atoms with Gasteiger partial charge < -0.3 is 13.9 Å². The van der Waals surface area contributed by atoms with E-state index in [-0.39, 0.29) is 16.8 Å². The Labute approximate surface area is 232 Å². The van der Waals surface area contributed by atoms with Crippen molar-refractivity contribution >= 4 is 38.6 Å². The van der Waals surface area contributed by atoms with Gasteiger partial charge in [0.15, 0.2) is 16.9 Å². The van der Waals surface area contributed by atoms with Crippen LogP contribution in [0.3, 0.4) is 0 Å². The Morgan fingerprint density at radius 3 is 2.51 bits per heavy atom. The molecule has 6 rings (SSSR count). The molecule has 39 heavy (non-hydrogen) atoms. The Morgan fingerprint density at radius 1 is 0.923 bits per heavy atom. The third-order valence-electron chi connectivity index (χ3n) is 6.55. The van der Waals surface area contributed by atoms with Gasteiger partial charge in [0.05, 0.1) is 23.6 Å². The summed E-state index contributed by atoms with van der Waals surface area (Å²) in [6.07, 6.45) is 1.61. The lowest BCUT2D eigenvalue weighted by atomic mass is 9.98. The van der Waals surface area contributed by atoms with Gasteiger partial charge in [0.1, 0.15) is 18.0 Å². The van der Waals surface area contributed by atoms with Crippen molar-refractivity contribution in [2.45, 2.75) is 19.6 Å². The maximum atomic E-state index is 13.9. The van der Waals surface area contributed by atoms with Gasteiger partial charge in [0, 0.05) is 10.7 Å². The van der Waals surface area contributed by atoms with E-state index < -0.39 is 11.9 Å². The molecule has 8 heteroatoms. The Balaban J connectivity index is 1.50. The quantitative estimate of drug-likeness (QED) is 0.213. The largest absolute Gasteiger partial charge is 0.490 e. The van der Waals surface area contributed by atoms with Crippen LogP contribution >= 0.6 is 15.9 Å². The smallest absolute Gasteiger partial charge is 0.296 e. The number of ether oxygens (including phenoxy) is 2. The molecule has 1 amide bonds. The molecule has 0 N–H and O–H groups in total. The van der Waals surface area contributed by atoms with Gasteiger partial charge in [-0.15, -0.1) is 0 Å². The molecule has 1 aliphatic rings. The van der Waals surface area contributed by atoms with Gasteiger partial charge in [0.25, 0.3) is 5.91 Å². The first-order chi connectivity index (χ1) is 19.0. The summed E-state index contributed by atoms with van der Waals surface area (Å²) in [5, 5.41) is 0.386. The number of amides is 1. The van der Waals surface area contributed by atoms with Crippen molar-refractivity contribution in [1.82, 2.24) is 4.98 Å². The first kappa shape index (κ1) is 24.9. The SMILES string of the molecule is CCOc1cc(C2c3c(oc4ccc(Br)cc4c3=O)C(=O)N2c2ccccn2)ccc1OCc1ccccc1. The summed E-state index contributed by atoms with van der Waals surface area (Å²) in [7, 11) is 0. The predicted octanol–water partition coefficient (Wildman–Crippen LogP) is 6.68. The Kier molecular flexibility index (Phi) is 6.62. The summed E-state index contributed by atoms with van der Waals surface area (Å²) in [6.45, 7) is 2.67. The normalized spacial score (nSPS) is 14.5. The van der Waals surface area contributed by atoms with Crippen LogP contribution in [0.2, 0.25) is 0 Å². The van der Waals surface area contributed by atoms with E-state index in [1.807, 2.05) is 55.5 Å². The number of rotatable bonds is 7. The molecule has 1 aliphatic heterocycles. The van der Waals surface area contributed by atoms with Gasteiger partial charge in [-0.05, 0) is 60.5 Å². The van der Waals surface area contributed by atoms with Crippen LogP contribution in [-0.2, 0) is 6.61 Å². The van der Waals surface area contributed by atoms with Crippen molar-refractivity contribution < 1.29 is 18.7 Å². The summed E-state index contributed by atoms with van der Waals surface area (Å²) in [6, 6.07) is 25.0. The number of hydrogen-bond acceptors (Lipinski definition) is 6. The minimum Gasteiger partial charge on any atom is -0.490 e. The lowest BCUT2D eigenvalue weighted by Crippen LogP contribution is -2.30. The van der Waals surface area contributed by atoms with Gasteiger partial charge in [0.2, 0.25) is 5.76 Å². The van der Waals surface area contributed by atoms with Gasteiger partial charge in [-0.3, -0.25) is 14.5 Å². The maximum absolute atomic E-state index is 13.9. The van der Waals surface area contributed by atoms with E-state index in [0.717, 1.165) is 10.0 Å². The first-order valence-electron chi connectivity index (χ1n) is 12.5. The van der Waals surface area contributed by atoms with Gasteiger partial charge in [-0.25, -0.2) is 4.98 Å². The topological polar surface area (TPSA) is 81.9 Å². The second-order valence-corrected chi connectivity index (χ2v) is 9.91. The number of benzene rings is 3. The number of fused-ring (bicyclic) bond motifs is 2. The van der Waals surface area contributed by atoms with Crippen molar-refractivity contribution in [3.8, 4) is 11.5 Å². The van der Waals surface area contributed by atoms with E-state index in [4.69, 9.17) is 13.9 Å². The first-order valence-corrected chi connectivity index (χ1v) is 13.3. The summed E-state index contributed by atoms with van der Waals surface area (Å²) in [5.41, 5.74) is 2.03. The van der Waals surface area contributed by atoms with Crippen molar-refractivity contribution in [3.63, 3.8) is 0 Å². The predicted molar refractivity (Wildman–Crippen MR) is 151 cm³/mol. The summed E-state index contributed by atoms with van der Waals surface area (Å²) in [5.74, 6) is 1.06. The summed E-state index contributed by atoms with van der Waals surface area (Å²) < 4.78 is 18.8. The lowest BCUT2D eigenvalue weighted by Gasteiger charge is -2.25. The molecule has 0 radical (unpaired) electrons. The monoisotopic (exact) mass is 582 g/mol. The number of aromatic nitrogens is 1. The number of anilines is 1. The van der Waals surface area contributed by atoms with Crippen LogP contribution < -0.4 is 19.8 Å². The molecule has 0 saturated heterocycles. The number of hydrogen-bond donors (Lipinski definition) is 0. The number of pyridine rings is 1. The molecule has 3 aromatic carbocycles. The van der Waals surface area contributed by atoms with Crippen LogP contribution in [0.5, 0.6) is 11.5 Å². The highest BCUT2D eigenvalue weighted by atomic mass is 79.9. The molecular formula is C31H23BrN2O5. The average molecular weight is 583 g/mol. The molecule has 1 atom stereocenters. The molecule has 0 spiro atoms.